The van der Waals surface area contributed by atoms with Crippen LogP contribution in [-0.2, 0) is 13.1 Å². The highest BCUT2D eigenvalue weighted by molar-refractivity contribution is 6.30. The number of hydrogen-bond acceptors (Lipinski definition) is 4. The van der Waals surface area contributed by atoms with Gasteiger partial charge in [0.05, 0.1) is 11.6 Å². The van der Waals surface area contributed by atoms with Gasteiger partial charge < -0.3 is 10.3 Å². The second kappa shape index (κ2) is 5.47. The highest BCUT2D eigenvalue weighted by Crippen LogP contribution is 2.27. The van der Waals surface area contributed by atoms with Crippen LogP contribution < -0.4 is 5.73 Å². The molecule has 3 rings (SSSR count). The molecule has 1 aliphatic heterocycles. The Kier molecular flexibility index (Phi) is 3.69. The van der Waals surface area contributed by atoms with Crippen molar-refractivity contribution < 1.29 is 4.39 Å². The van der Waals surface area contributed by atoms with Gasteiger partial charge in [-0.1, -0.05) is 17.7 Å². The minimum Gasteiger partial charge on any atom is -0.329 e. The van der Waals surface area contributed by atoms with Gasteiger partial charge in [0.2, 0.25) is 0 Å². The van der Waals surface area contributed by atoms with E-state index in [0.29, 0.717) is 13.1 Å². The van der Waals surface area contributed by atoms with Crippen LogP contribution in [-0.4, -0.2) is 32.8 Å². The number of hydrogen-bond donors (Lipinski definition) is 1. The van der Waals surface area contributed by atoms with Crippen LogP contribution in [0.15, 0.2) is 24.5 Å². The summed E-state index contributed by atoms with van der Waals surface area (Å²) in [6.45, 7) is 2.79. The minimum absolute atomic E-state index is 0.00134. The van der Waals surface area contributed by atoms with E-state index in [1.807, 2.05) is 4.57 Å². The first-order chi connectivity index (χ1) is 9.69. The second-order valence-corrected chi connectivity index (χ2v) is 5.24. The lowest BCUT2D eigenvalue weighted by atomic mass is 10.0. The monoisotopic (exact) mass is 295 g/mol. The average Bonchev–Trinajstić information content (AvgIpc) is 2.91. The lowest BCUT2D eigenvalue weighted by molar-refractivity contribution is 0.156. The van der Waals surface area contributed by atoms with Crippen LogP contribution in [0, 0.1) is 5.82 Å². The third-order valence-corrected chi connectivity index (χ3v) is 3.95. The smallest absolute Gasteiger partial charge is 0.147 e. The first-order valence-corrected chi connectivity index (χ1v) is 6.82. The third kappa shape index (κ3) is 2.42. The summed E-state index contributed by atoms with van der Waals surface area (Å²) in [6, 6.07) is 4.76. The molecule has 1 unspecified atom stereocenters. The molecule has 7 heteroatoms. The van der Waals surface area contributed by atoms with E-state index < -0.39 is 5.82 Å². The van der Waals surface area contributed by atoms with Crippen molar-refractivity contribution in [3.8, 4) is 0 Å². The molecule has 0 saturated carbocycles. The van der Waals surface area contributed by atoms with Gasteiger partial charge in [-0.05, 0) is 17.7 Å². The predicted molar refractivity (Wildman–Crippen MR) is 73.6 cm³/mol. The Morgan fingerprint density at radius 2 is 2.25 bits per heavy atom. The molecule has 106 valence electrons. The molecule has 2 aromatic rings. The maximum Gasteiger partial charge on any atom is 0.147 e. The average molecular weight is 296 g/mol. The zero-order chi connectivity index (χ0) is 14.1. The topological polar surface area (TPSA) is 60.0 Å². The van der Waals surface area contributed by atoms with Gasteiger partial charge >= 0.3 is 0 Å². The summed E-state index contributed by atoms with van der Waals surface area (Å²) in [7, 11) is 0. The van der Waals surface area contributed by atoms with E-state index in [0.717, 1.165) is 24.5 Å². The van der Waals surface area contributed by atoms with E-state index in [9.17, 15) is 4.39 Å². The number of benzene rings is 1. The Bertz CT molecular complexity index is 615. The summed E-state index contributed by atoms with van der Waals surface area (Å²) in [6.07, 6.45) is 1.74. The maximum atomic E-state index is 13.3. The summed E-state index contributed by atoms with van der Waals surface area (Å²) in [5, 5.41) is 8.13. The summed E-state index contributed by atoms with van der Waals surface area (Å²) in [5.74, 6) is 0.507. The molecule has 1 aliphatic rings. The van der Waals surface area contributed by atoms with Crippen LogP contribution in [0.4, 0.5) is 4.39 Å². The number of rotatable bonds is 3. The summed E-state index contributed by atoms with van der Waals surface area (Å²) in [5.41, 5.74) is 6.82. The number of halogens is 2. The molecular weight excluding hydrogens is 281 g/mol. The predicted octanol–water partition coefficient (Wildman–Crippen LogP) is 1.59. The molecule has 20 heavy (non-hydrogen) atoms. The van der Waals surface area contributed by atoms with Crippen LogP contribution in [0.3, 0.4) is 0 Å². The quantitative estimate of drug-likeness (QED) is 0.934. The fourth-order valence-corrected chi connectivity index (χ4v) is 2.76. The Balaban J connectivity index is 1.85. The van der Waals surface area contributed by atoms with Gasteiger partial charge in [-0.15, -0.1) is 10.2 Å². The van der Waals surface area contributed by atoms with Gasteiger partial charge in [-0.25, -0.2) is 4.39 Å². The zero-order valence-electron chi connectivity index (χ0n) is 10.8. The number of aromatic nitrogens is 3. The molecule has 5 nitrogen and oxygen atoms in total. The van der Waals surface area contributed by atoms with Crippen molar-refractivity contribution in [2.75, 3.05) is 13.1 Å². The van der Waals surface area contributed by atoms with Gasteiger partial charge in [0.1, 0.15) is 18.0 Å². The molecule has 0 saturated heterocycles. The molecule has 1 atom stereocenters. The minimum atomic E-state index is -0.412. The Hall–Kier alpha value is -1.50. The van der Waals surface area contributed by atoms with Crippen molar-refractivity contribution >= 4 is 11.6 Å². The fourth-order valence-electron chi connectivity index (χ4n) is 2.57. The van der Waals surface area contributed by atoms with Crippen molar-refractivity contribution in [2.24, 2.45) is 5.73 Å². The summed E-state index contributed by atoms with van der Waals surface area (Å²) >= 11 is 5.86. The molecular formula is C13H15ClFN5. The van der Waals surface area contributed by atoms with E-state index in [2.05, 4.69) is 15.1 Å². The van der Waals surface area contributed by atoms with Gasteiger partial charge in [0.25, 0.3) is 0 Å². The van der Waals surface area contributed by atoms with Crippen molar-refractivity contribution in [1.82, 2.24) is 19.7 Å². The second-order valence-electron chi connectivity index (χ2n) is 4.84. The van der Waals surface area contributed by atoms with E-state index in [-0.39, 0.29) is 11.1 Å². The van der Waals surface area contributed by atoms with E-state index in [1.54, 1.807) is 18.5 Å². The molecule has 2 heterocycles. The molecule has 0 fully saturated rings. The van der Waals surface area contributed by atoms with Crippen LogP contribution in [0.5, 0.6) is 0 Å². The highest BCUT2D eigenvalue weighted by atomic mass is 35.5. The number of fused-ring (bicyclic) bond motifs is 1. The molecule has 1 aromatic carbocycles. The van der Waals surface area contributed by atoms with Gasteiger partial charge in [0, 0.05) is 25.7 Å². The Labute approximate surface area is 121 Å². The first-order valence-electron chi connectivity index (χ1n) is 6.45. The normalized spacial score (nSPS) is 16.9. The van der Waals surface area contributed by atoms with Crippen LogP contribution in [0.2, 0.25) is 5.02 Å². The number of nitrogens with two attached hydrogens (primary N) is 1. The summed E-state index contributed by atoms with van der Waals surface area (Å²) in [4.78, 5) is 2.22. The van der Waals surface area contributed by atoms with Crippen LogP contribution in [0.25, 0.3) is 0 Å². The molecule has 1 aromatic heterocycles. The highest BCUT2D eigenvalue weighted by Gasteiger charge is 2.25. The maximum absolute atomic E-state index is 13.3. The van der Waals surface area contributed by atoms with Crippen molar-refractivity contribution in [3.63, 3.8) is 0 Å². The molecule has 0 radical (unpaired) electrons. The molecule has 0 bridgehead atoms. The van der Waals surface area contributed by atoms with Gasteiger partial charge in [-0.2, -0.15) is 0 Å². The fraction of sp³-hybridized carbons (Fsp3) is 0.385. The molecule has 0 amide bonds. The molecule has 0 aliphatic carbocycles. The third-order valence-electron chi connectivity index (χ3n) is 3.66. The standard InChI is InChI=1S/C13H15ClFN5/c14-10-5-9(1-2-11(10)15)12(6-16)19-3-4-20-8-17-18-13(20)7-19/h1-2,5,8,12H,3-4,6-7,16H2. The van der Waals surface area contributed by atoms with E-state index in [1.165, 1.54) is 6.07 Å². The van der Waals surface area contributed by atoms with E-state index >= 15 is 0 Å². The van der Waals surface area contributed by atoms with Gasteiger partial charge in [-0.3, -0.25) is 4.90 Å². The number of nitrogens with zero attached hydrogens (tertiary/aromatic N) is 4. The van der Waals surface area contributed by atoms with Crippen LogP contribution in [0.1, 0.15) is 17.4 Å². The molecule has 0 spiro atoms. The van der Waals surface area contributed by atoms with Crippen LogP contribution >= 0.6 is 11.6 Å². The first kappa shape index (κ1) is 13.5. The van der Waals surface area contributed by atoms with E-state index in [4.69, 9.17) is 17.3 Å². The lowest BCUT2D eigenvalue weighted by Crippen LogP contribution is -2.39. The Morgan fingerprint density at radius 1 is 1.40 bits per heavy atom. The van der Waals surface area contributed by atoms with Crippen molar-refractivity contribution in [1.29, 1.82) is 0 Å². The summed E-state index contributed by atoms with van der Waals surface area (Å²) < 4.78 is 15.3. The molecule has 2 N–H and O–H groups in total. The lowest BCUT2D eigenvalue weighted by Gasteiger charge is -2.34. The SMILES string of the molecule is NCC(c1ccc(F)c(Cl)c1)N1CCn2cnnc2C1. The van der Waals surface area contributed by atoms with Crippen molar-refractivity contribution in [2.45, 2.75) is 19.1 Å². The largest absolute Gasteiger partial charge is 0.329 e. The van der Waals surface area contributed by atoms with Crippen molar-refractivity contribution in [3.05, 3.63) is 46.8 Å². The Morgan fingerprint density at radius 3 is 3.00 bits per heavy atom. The zero-order valence-corrected chi connectivity index (χ0v) is 11.6. The van der Waals surface area contributed by atoms with Gasteiger partial charge in [0.15, 0.2) is 0 Å².